The van der Waals surface area contributed by atoms with Crippen LogP contribution >= 0.6 is 0 Å². The molecule has 1 fully saturated rings. The van der Waals surface area contributed by atoms with Crippen molar-refractivity contribution in [1.29, 1.82) is 0 Å². The van der Waals surface area contributed by atoms with E-state index < -0.39 is 12.1 Å². The SMILES string of the molecule is CC(=CC(C(C)O)N1CCN(C)CC1)C(=O)O. The van der Waals surface area contributed by atoms with Crippen molar-refractivity contribution in [2.45, 2.75) is 26.0 Å². The zero-order valence-electron chi connectivity index (χ0n) is 10.8. The van der Waals surface area contributed by atoms with Gasteiger partial charge in [-0.1, -0.05) is 6.08 Å². The standard InChI is InChI=1S/C12H22N2O3/c1-9(12(16)17)8-11(10(2)15)14-6-4-13(3)5-7-14/h8,10-11,15H,4-7H2,1-3H3,(H,16,17). The maximum Gasteiger partial charge on any atom is 0.331 e. The molecule has 0 spiro atoms. The normalized spacial score (nSPS) is 23.4. The number of hydrogen-bond donors (Lipinski definition) is 2. The summed E-state index contributed by atoms with van der Waals surface area (Å²) in [6.07, 6.45) is 1.09. The van der Waals surface area contributed by atoms with Crippen molar-refractivity contribution >= 4 is 5.97 Å². The predicted octanol–water partition coefficient (Wildman–Crippen LogP) is 0.0141. The molecule has 0 saturated carbocycles. The fourth-order valence-corrected chi connectivity index (χ4v) is 2.00. The van der Waals surface area contributed by atoms with Gasteiger partial charge >= 0.3 is 5.97 Å². The molecule has 17 heavy (non-hydrogen) atoms. The number of nitrogens with zero attached hydrogens (tertiary/aromatic N) is 2. The predicted molar refractivity (Wildman–Crippen MR) is 65.9 cm³/mol. The van der Waals surface area contributed by atoms with Crippen LogP contribution in [0.2, 0.25) is 0 Å². The maximum absolute atomic E-state index is 10.8. The largest absolute Gasteiger partial charge is 0.478 e. The number of piperazine rings is 1. The molecule has 1 saturated heterocycles. The first-order valence-electron chi connectivity index (χ1n) is 5.94. The molecule has 2 N–H and O–H groups in total. The molecule has 98 valence electrons. The van der Waals surface area contributed by atoms with Gasteiger partial charge in [0, 0.05) is 31.8 Å². The van der Waals surface area contributed by atoms with Crippen molar-refractivity contribution in [3.8, 4) is 0 Å². The van der Waals surface area contributed by atoms with E-state index in [4.69, 9.17) is 5.11 Å². The van der Waals surface area contributed by atoms with Gasteiger partial charge in [-0.3, -0.25) is 4.90 Å². The molecule has 0 bridgehead atoms. The summed E-state index contributed by atoms with van der Waals surface area (Å²) in [6, 6.07) is -0.209. The molecule has 0 radical (unpaired) electrons. The lowest BCUT2D eigenvalue weighted by Crippen LogP contribution is -2.51. The van der Waals surface area contributed by atoms with Crippen molar-refractivity contribution < 1.29 is 15.0 Å². The summed E-state index contributed by atoms with van der Waals surface area (Å²) in [5.41, 5.74) is 0.287. The van der Waals surface area contributed by atoms with Crippen LogP contribution in [0.25, 0.3) is 0 Å². The highest BCUT2D eigenvalue weighted by Gasteiger charge is 2.25. The monoisotopic (exact) mass is 242 g/mol. The summed E-state index contributed by atoms with van der Waals surface area (Å²) in [4.78, 5) is 15.2. The molecule has 2 atom stereocenters. The molecule has 0 aromatic heterocycles. The topological polar surface area (TPSA) is 64.0 Å². The minimum absolute atomic E-state index is 0.209. The average Bonchev–Trinajstić information content (AvgIpc) is 2.26. The first-order valence-corrected chi connectivity index (χ1v) is 5.94. The summed E-state index contributed by atoms with van der Waals surface area (Å²) in [7, 11) is 2.06. The van der Waals surface area contributed by atoms with Gasteiger partial charge in [0.15, 0.2) is 0 Å². The second-order valence-corrected chi connectivity index (χ2v) is 4.73. The highest BCUT2D eigenvalue weighted by atomic mass is 16.4. The van der Waals surface area contributed by atoms with Crippen LogP contribution in [0.3, 0.4) is 0 Å². The quantitative estimate of drug-likeness (QED) is 0.680. The Bertz CT molecular complexity index is 294. The highest BCUT2D eigenvalue weighted by molar-refractivity contribution is 5.85. The number of hydrogen-bond acceptors (Lipinski definition) is 4. The Morgan fingerprint density at radius 2 is 1.82 bits per heavy atom. The van der Waals surface area contributed by atoms with Gasteiger partial charge in [-0.15, -0.1) is 0 Å². The zero-order chi connectivity index (χ0) is 13.0. The van der Waals surface area contributed by atoms with Crippen LogP contribution in [-0.2, 0) is 4.79 Å². The molecule has 0 aliphatic carbocycles. The van der Waals surface area contributed by atoms with E-state index in [2.05, 4.69) is 16.8 Å². The summed E-state index contributed by atoms with van der Waals surface area (Å²) in [5, 5.41) is 18.6. The van der Waals surface area contributed by atoms with Gasteiger partial charge in [-0.25, -0.2) is 4.79 Å². The van der Waals surface area contributed by atoms with Crippen molar-refractivity contribution in [2.24, 2.45) is 0 Å². The molecule has 5 heteroatoms. The molecule has 0 amide bonds. The molecule has 1 aliphatic rings. The number of aliphatic carboxylic acids is 1. The minimum Gasteiger partial charge on any atom is -0.478 e. The lowest BCUT2D eigenvalue weighted by atomic mass is 10.1. The zero-order valence-corrected chi connectivity index (χ0v) is 10.8. The van der Waals surface area contributed by atoms with Gasteiger partial charge in [0.1, 0.15) is 0 Å². The Kier molecular flexibility index (Phi) is 5.11. The van der Waals surface area contributed by atoms with Crippen LogP contribution in [-0.4, -0.2) is 71.4 Å². The fraction of sp³-hybridized carbons (Fsp3) is 0.750. The number of carbonyl (C=O) groups is 1. The molecular weight excluding hydrogens is 220 g/mol. The summed E-state index contributed by atoms with van der Waals surface area (Å²) >= 11 is 0. The molecular formula is C12H22N2O3. The average molecular weight is 242 g/mol. The summed E-state index contributed by atoms with van der Waals surface area (Å²) < 4.78 is 0. The highest BCUT2D eigenvalue weighted by Crippen LogP contribution is 2.12. The Morgan fingerprint density at radius 1 is 1.29 bits per heavy atom. The number of aliphatic hydroxyl groups is 1. The molecule has 1 heterocycles. The van der Waals surface area contributed by atoms with E-state index in [1.54, 1.807) is 19.9 Å². The van der Waals surface area contributed by atoms with Crippen molar-refractivity contribution in [3.05, 3.63) is 11.6 Å². The molecule has 1 rings (SSSR count). The molecule has 5 nitrogen and oxygen atoms in total. The first-order chi connectivity index (χ1) is 7.91. The minimum atomic E-state index is -0.926. The molecule has 1 aliphatic heterocycles. The fourth-order valence-electron chi connectivity index (χ4n) is 2.00. The van der Waals surface area contributed by atoms with Gasteiger partial charge < -0.3 is 15.1 Å². The Hall–Kier alpha value is -0.910. The third-order valence-electron chi connectivity index (χ3n) is 3.21. The van der Waals surface area contributed by atoms with Crippen molar-refractivity contribution in [3.63, 3.8) is 0 Å². The lowest BCUT2D eigenvalue weighted by Gasteiger charge is -2.38. The van der Waals surface area contributed by atoms with Gasteiger partial charge in [0.2, 0.25) is 0 Å². The van der Waals surface area contributed by atoms with E-state index >= 15 is 0 Å². The number of aliphatic hydroxyl groups excluding tert-OH is 1. The van der Waals surface area contributed by atoms with Crippen LogP contribution in [0.15, 0.2) is 11.6 Å². The van der Waals surface area contributed by atoms with Crippen LogP contribution in [0.1, 0.15) is 13.8 Å². The van der Waals surface area contributed by atoms with E-state index in [1.165, 1.54) is 0 Å². The van der Waals surface area contributed by atoms with Crippen molar-refractivity contribution in [2.75, 3.05) is 33.2 Å². The van der Waals surface area contributed by atoms with Crippen molar-refractivity contribution in [1.82, 2.24) is 9.80 Å². The van der Waals surface area contributed by atoms with Crippen LogP contribution in [0, 0.1) is 0 Å². The van der Waals surface area contributed by atoms with Gasteiger partial charge in [0.25, 0.3) is 0 Å². The third kappa shape index (κ3) is 4.11. The van der Waals surface area contributed by atoms with E-state index in [0.717, 1.165) is 26.2 Å². The van der Waals surface area contributed by atoms with Crippen LogP contribution in [0.4, 0.5) is 0 Å². The Balaban J connectivity index is 2.73. The van der Waals surface area contributed by atoms with Gasteiger partial charge in [0.05, 0.1) is 12.1 Å². The summed E-state index contributed by atoms with van der Waals surface area (Å²) in [5.74, 6) is -0.926. The number of rotatable bonds is 4. The second kappa shape index (κ2) is 6.14. The molecule has 0 aromatic carbocycles. The van der Waals surface area contributed by atoms with E-state index in [1.807, 2.05) is 0 Å². The van der Waals surface area contributed by atoms with Crippen LogP contribution in [0.5, 0.6) is 0 Å². The third-order valence-corrected chi connectivity index (χ3v) is 3.21. The second-order valence-electron chi connectivity index (χ2n) is 4.73. The lowest BCUT2D eigenvalue weighted by molar-refractivity contribution is -0.132. The number of carboxylic acids is 1. The Morgan fingerprint density at radius 3 is 2.24 bits per heavy atom. The van der Waals surface area contributed by atoms with E-state index in [9.17, 15) is 9.90 Å². The molecule has 0 aromatic rings. The maximum atomic E-state index is 10.8. The molecule has 2 unspecified atom stereocenters. The number of likely N-dealkylation sites (N-methyl/N-ethyl adjacent to an activating group) is 1. The van der Waals surface area contributed by atoms with E-state index in [-0.39, 0.29) is 11.6 Å². The van der Waals surface area contributed by atoms with Crippen LogP contribution < -0.4 is 0 Å². The number of carboxylic acid groups (broad SMARTS) is 1. The smallest absolute Gasteiger partial charge is 0.331 e. The first kappa shape index (κ1) is 14.2. The van der Waals surface area contributed by atoms with Gasteiger partial charge in [-0.05, 0) is 20.9 Å². The van der Waals surface area contributed by atoms with E-state index in [0.29, 0.717) is 0 Å². The van der Waals surface area contributed by atoms with Gasteiger partial charge in [-0.2, -0.15) is 0 Å². The Labute approximate surface area is 102 Å². The summed E-state index contributed by atoms with van der Waals surface area (Å²) in [6.45, 7) is 6.87.